The first kappa shape index (κ1) is 6.10. The summed E-state index contributed by atoms with van der Waals surface area (Å²) in [5, 5.41) is 6.26. The Morgan fingerprint density at radius 2 is 2.36 bits per heavy atom. The molecule has 2 rings (SSSR count). The average Bonchev–Trinajstić information content (AvgIpc) is 2.34. The van der Waals surface area contributed by atoms with Gasteiger partial charge in [0.05, 0.1) is 0 Å². The van der Waals surface area contributed by atoms with E-state index in [-0.39, 0.29) is 12.0 Å². The Kier molecular flexibility index (Phi) is 1.07. The summed E-state index contributed by atoms with van der Waals surface area (Å²) in [4.78, 5) is 14.2. The Hall–Kier alpha value is -1.63. The highest BCUT2D eigenvalue weighted by atomic mass is 16.2. The Balaban J connectivity index is 2.36. The number of aliphatic imine (C=N–C) groups is 1. The summed E-state index contributed by atoms with van der Waals surface area (Å²) in [5.41, 5.74) is 11.1. The fraction of sp³-hybridized carbons (Fsp3) is 0.250. The number of hydrazone groups is 1. The van der Waals surface area contributed by atoms with Gasteiger partial charge in [-0.2, -0.15) is 15.5 Å². The second-order valence-electron chi connectivity index (χ2n) is 2.13. The maximum absolute atomic E-state index is 10.7. The van der Waals surface area contributed by atoms with Gasteiger partial charge in [0.2, 0.25) is 0 Å². The average molecular weight is 154 g/mol. The van der Waals surface area contributed by atoms with Crippen LogP contribution in [0.4, 0.5) is 4.79 Å². The monoisotopic (exact) mass is 154 g/mol. The van der Waals surface area contributed by atoms with Crippen LogP contribution in [-0.2, 0) is 0 Å². The second-order valence-corrected chi connectivity index (χ2v) is 2.13. The number of amides is 2. The zero-order chi connectivity index (χ0) is 7.84. The summed E-state index contributed by atoms with van der Waals surface area (Å²) in [5.74, 6) is 0.149. The van der Waals surface area contributed by atoms with Crippen molar-refractivity contribution in [3.05, 3.63) is 0 Å². The van der Waals surface area contributed by atoms with Crippen molar-refractivity contribution >= 4 is 17.6 Å². The van der Waals surface area contributed by atoms with Gasteiger partial charge in [-0.1, -0.05) is 0 Å². The summed E-state index contributed by atoms with van der Waals surface area (Å²) in [6.07, 6.45) is -0.347. The maximum Gasteiger partial charge on any atom is 0.344 e. The summed E-state index contributed by atoms with van der Waals surface area (Å²) in [6.45, 7) is 0. The minimum atomic E-state index is -0.456. The molecule has 7 heteroatoms. The van der Waals surface area contributed by atoms with Gasteiger partial charge in [-0.25, -0.2) is 10.3 Å². The highest BCUT2D eigenvalue weighted by molar-refractivity contribution is 6.45. The molecule has 2 aliphatic heterocycles. The summed E-state index contributed by atoms with van der Waals surface area (Å²) >= 11 is 0. The molecule has 1 atom stereocenters. The first-order valence-corrected chi connectivity index (χ1v) is 3.00. The quantitative estimate of drug-likeness (QED) is 0.319. The lowest BCUT2D eigenvalue weighted by molar-refractivity contribution is 0.245. The highest BCUT2D eigenvalue weighted by Gasteiger charge is 2.29. The van der Waals surface area contributed by atoms with E-state index in [2.05, 4.69) is 26.4 Å². The Bertz CT molecular complexity index is 268. The number of carbonyl (C=O) groups excluding carboxylic acids is 1. The van der Waals surface area contributed by atoms with Gasteiger partial charge < -0.3 is 11.1 Å². The first-order valence-electron chi connectivity index (χ1n) is 3.00. The molecule has 0 bridgehead atoms. The number of fused-ring (bicyclic) bond motifs is 1. The predicted octanol–water partition coefficient (Wildman–Crippen LogP) is -2.14. The molecule has 0 saturated heterocycles. The first-order chi connectivity index (χ1) is 5.27. The Morgan fingerprint density at radius 1 is 1.55 bits per heavy atom. The largest absolute Gasteiger partial charge is 0.382 e. The molecule has 7 nitrogen and oxygen atoms in total. The summed E-state index contributed by atoms with van der Waals surface area (Å²) < 4.78 is 0. The number of nitrogens with zero attached hydrogens (tertiary/aromatic N) is 2. The minimum Gasteiger partial charge on any atom is -0.382 e. The summed E-state index contributed by atoms with van der Waals surface area (Å²) in [6, 6.07) is -0.456. The fourth-order valence-electron chi connectivity index (χ4n) is 0.922. The van der Waals surface area contributed by atoms with E-state index in [4.69, 9.17) is 5.73 Å². The lowest BCUT2D eigenvalue weighted by atomic mass is 10.2. The molecular formula is C4H6N6O. The Labute approximate surface area is 61.7 Å². The molecule has 0 fully saturated rings. The van der Waals surface area contributed by atoms with Crippen LogP contribution < -0.4 is 22.0 Å². The standard InChI is InChI=1S/C4H6N6O/c5-2-1-3(9-10-8-1)7-4(11)6-2/h3,9-10H,(H3,5,6,7,11). The normalized spacial score (nSPS) is 28.0. The molecule has 11 heavy (non-hydrogen) atoms. The SMILES string of the molecule is NC1=NC(=O)NC2NNN=C12. The maximum atomic E-state index is 10.7. The van der Waals surface area contributed by atoms with E-state index < -0.39 is 6.03 Å². The third-order valence-corrected chi connectivity index (χ3v) is 1.41. The zero-order valence-electron chi connectivity index (χ0n) is 5.46. The van der Waals surface area contributed by atoms with Gasteiger partial charge in [-0.05, 0) is 0 Å². The number of hydrogen-bond donors (Lipinski definition) is 4. The van der Waals surface area contributed by atoms with Crippen LogP contribution in [0.2, 0.25) is 0 Å². The van der Waals surface area contributed by atoms with Crippen LogP contribution in [-0.4, -0.2) is 23.7 Å². The Morgan fingerprint density at radius 3 is 3.18 bits per heavy atom. The number of carbonyl (C=O) groups is 1. The lowest BCUT2D eigenvalue weighted by Gasteiger charge is -2.16. The molecule has 2 amide bonds. The molecule has 2 heterocycles. The number of hydrogen-bond acceptors (Lipinski definition) is 5. The van der Waals surface area contributed by atoms with Crippen LogP contribution in [0.1, 0.15) is 0 Å². The molecular weight excluding hydrogens is 148 g/mol. The van der Waals surface area contributed by atoms with Crippen LogP contribution in [0.15, 0.2) is 10.1 Å². The molecule has 0 aromatic carbocycles. The van der Waals surface area contributed by atoms with Crippen LogP contribution in [0.3, 0.4) is 0 Å². The molecule has 2 aliphatic rings. The van der Waals surface area contributed by atoms with E-state index in [1.807, 2.05) is 0 Å². The van der Waals surface area contributed by atoms with E-state index in [1.54, 1.807) is 0 Å². The van der Waals surface area contributed by atoms with Gasteiger partial charge in [0.1, 0.15) is 11.9 Å². The highest BCUT2D eigenvalue weighted by Crippen LogP contribution is 1.97. The van der Waals surface area contributed by atoms with Crippen LogP contribution in [0.25, 0.3) is 0 Å². The van der Waals surface area contributed by atoms with E-state index in [0.717, 1.165) is 0 Å². The topological polar surface area (TPSA) is 104 Å². The molecule has 0 aliphatic carbocycles. The number of urea groups is 1. The molecule has 0 spiro atoms. The molecule has 0 saturated carbocycles. The number of nitrogens with two attached hydrogens (primary N) is 1. The minimum absolute atomic E-state index is 0.149. The van der Waals surface area contributed by atoms with Crippen molar-refractivity contribution in [3.8, 4) is 0 Å². The van der Waals surface area contributed by atoms with E-state index in [1.165, 1.54) is 0 Å². The number of hydrazine groups is 1. The van der Waals surface area contributed by atoms with Crippen molar-refractivity contribution in [1.82, 2.24) is 16.3 Å². The number of amidine groups is 1. The fourth-order valence-corrected chi connectivity index (χ4v) is 0.922. The molecule has 0 aromatic rings. The third-order valence-electron chi connectivity index (χ3n) is 1.41. The lowest BCUT2D eigenvalue weighted by Crippen LogP contribution is -2.55. The zero-order valence-corrected chi connectivity index (χ0v) is 5.46. The van der Waals surface area contributed by atoms with E-state index in [0.29, 0.717) is 5.71 Å². The van der Waals surface area contributed by atoms with Crippen molar-refractivity contribution in [2.75, 3.05) is 0 Å². The van der Waals surface area contributed by atoms with Crippen LogP contribution in [0.5, 0.6) is 0 Å². The summed E-state index contributed by atoms with van der Waals surface area (Å²) in [7, 11) is 0. The predicted molar refractivity (Wildman–Crippen MR) is 37.6 cm³/mol. The smallest absolute Gasteiger partial charge is 0.344 e. The van der Waals surface area contributed by atoms with Gasteiger partial charge in [-0.3, -0.25) is 0 Å². The molecule has 1 unspecified atom stereocenters. The molecule has 5 N–H and O–H groups in total. The van der Waals surface area contributed by atoms with E-state index in [9.17, 15) is 4.79 Å². The van der Waals surface area contributed by atoms with Crippen LogP contribution >= 0.6 is 0 Å². The van der Waals surface area contributed by atoms with E-state index >= 15 is 0 Å². The van der Waals surface area contributed by atoms with Crippen molar-refractivity contribution in [2.24, 2.45) is 15.8 Å². The van der Waals surface area contributed by atoms with Gasteiger partial charge in [0.25, 0.3) is 0 Å². The molecule has 0 aromatic heterocycles. The van der Waals surface area contributed by atoms with Crippen LogP contribution in [0, 0.1) is 0 Å². The molecule has 58 valence electrons. The second kappa shape index (κ2) is 1.92. The molecule has 0 radical (unpaired) electrons. The number of rotatable bonds is 0. The van der Waals surface area contributed by atoms with Crippen molar-refractivity contribution in [2.45, 2.75) is 6.17 Å². The van der Waals surface area contributed by atoms with Crippen molar-refractivity contribution < 1.29 is 4.79 Å². The van der Waals surface area contributed by atoms with Gasteiger partial charge in [0, 0.05) is 0 Å². The van der Waals surface area contributed by atoms with Crippen molar-refractivity contribution in [1.29, 1.82) is 0 Å². The van der Waals surface area contributed by atoms with Gasteiger partial charge in [-0.15, -0.1) is 0 Å². The van der Waals surface area contributed by atoms with Crippen molar-refractivity contribution in [3.63, 3.8) is 0 Å². The van der Waals surface area contributed by atoms with Gasteiger partial charge >= 0.3 is 6.03 Å². The van der Waals surface area contributed by atoms with Gasteiger partial charge in [0.15, 0.2) is 5.84 Å². The number of nitrogens with one attached hydrogen (secondary N) is 3. The third kappa shape index (κ3) is 0.819.